The topological polar surface area (TPSA) is 65.0 Å². The van der Waals surface area contributed by atoms with Crippen LogP contribution in [0.15, 0.2) is 124 Å². The molecule has 0 unspecified atom stereocenters. The molecule has 0 amide bonds. The minimum absolute atomic E-state index is 0.0357. The third kappa shape index (κ3) is 3.29. The number of nitrogens with zero attached hydrogens (tertiary/aromatic N) is 3. The Hall–Kier alpha value is -5.29. The molecule has 0 spiro atoms. The summed E-state index contributed by atoms with van der Waals surface area (Å²) in [5.74, 6) is 0.490. The highest BCUT2D eigenvalue weighted by Gasteiger charge is 2.16. The molecule has 0 N–H and O–H groups in total. The molecular formula is C33H19N3O2. The fourth-order valence-electron chi connectivity index (χ4n) is 4.84. The lowest BCUT2D eigenvalue weighted by molar-refractivity contribution is 0.668. The van der Waals surface area contributed by atoms with E-state index >= 15 is 0 Å². The van der Waals surface area contributed by atoms with Gasteiger partial charge in [0.1, 0.15) is 22.3 Å². The Morgan fingerprint density at radius 2 is 0.895 bits per heavy atom. The number of aromatic nitrogens is 3. The van der Waals surface area contributed by atoms with Crippen LogP contribution in [0.4, 0.5) is 0 Å². The van der Waals surface area contributed by atoms with Gasteiger partial charge in [-0.05, 0) is 36.4 Å². The standard InChI is InChI=1S/C33H19N3O2/c1-2-8-20(9-3-1)31-34-32(21-14-16-25-23-10-4-6-12-27(23)37-29(25)18-21)36-33(35-31)22-15-17-26-24-11-5-7-13-28(24)38-30(26)19-22/h1-19H/i1D,2D,3D,8D,9D. The van der Waals surface area contributed by atoms with Gasteiger partial charge in [0.25, 0.3) is 0 Å². The summed E-state index contributed by atoms with van der Waals surface area (Å²) in [4.78, 5) is 14.1. The molecule has 38 heavy (non-hydrogen) atoms. The molecule has 5 heteroatoms. The molecule has 8 rings (SSSR count). The molecule has 8 aromatic rings. The summed E-state index contributed by atoms with van der Waals surface area (Å²) in [5, 5.41) is 3.85. The molecule has 3 heterocycles. The third-order valence-corrected chi connectivity index (χ3v) is 6.63. The Bertz CT molecular complexity index is 2270. The van der Waals surface area contributed by atoms with Crippen LogP contribution in [0.3, 0.4) is 0 Å². The van der Waals surface area contributed by atoms with Crippen LogP contribution in [0.2, 0.25) is 0 Å². The van der Waals surface area contributed by atoms with E-state index in [0.29, 0.717) is 22.3 Å². The number of furan rings is 2. The Kier molecular flexibility index (Phi) is 3.51. The maximum atomic E-state index is 8.56. The highest BCUT2D eigenvalue weighted by Crippen LogP contribution is 2.34. The number of para-hydroxylation sites is 2. The van der Waals surface area contributed by atoms with Gasteiger partial charge in [0, 0.05) is 38.2 Å². The van der Waals surface area contributed by atoms with Gasteiger partial charge in [0.2, 0.25) is 0 Å². The van der Waals surface area contributed by atoms with Gasteiger partial charge in [-0.2, -0.15) is 0 Å². The fraction of sp³-hybridized carbons (Fsp3) is 0. The van der Waals surface area contributed by atoms with Crippen molar-refractivity contribution in [2.75, 3.05) is 0 Å². The van der Waals surface area contributed by atoms with E-state index < -0.39 is 30.2 Å². The molecule has 0 aliphatic rings. The lowest BCUT2D eigenvalue weighted by atomic mass is 10.1. The second-order valence-corrected chi connectivity index (χ2v) is 8.92. The van der Waals surface area contributed by atoms with Gasteiger partial charge in [-0.15, -0.1) is 0 Å². The average molecular weight is 495 g/mol. The van der Waals surface area contributed by atoms with E-state index in [1.54, 1.807) is 0 Å². The van der Waals surface area contributed by atoms with Gasteiger partial charge in [0.05, 0.1) is 6.85 Å². The number of fused-ring (bicyclic) bond motifs is 6. The predicted octanol–water partition coefficient (Wildman–Crippen LogP) is 8.67. The van der Waals surface area contributed by atoms with Crippen LogP contribution in [0, 0.1) is 0 Å². The van der Waals surface area contributed by atoms with Gasteiger partial charge in [-0.3, -0.25) is 0 Å². The third-order valence-electron chi connectivity index (χ3n) is 6.63. The molecule has 0 atom stereocenters. The largest absolute Gasteiger partial charge is 0.456 e. The SMILES string of the molecule is [2H]c1c([2H])c([2H])c(-c2nc(-c3ccc4c(c3)oc3ccccc34)nc(-c3ccc4c(c3)oc3ccccc34)n2)c([2H])c1[2H]. The highest BCUT2D eigenvalue weighted by molar-refractivity contribution is 6.06. The predicted molar refractivity (Wildman–Crippen MR) is 151 cm³/mol. The van der Waals surface area contributed by atoms with Gasteiger partial charge < -0.3 is 8.83 Å². The van der Waals surface area contributed by atoms with E-state index in [-0.39, 0.29) is 23.0 Å². The number of benzene rings is 5. The van der Waals surface area contributed by atoms with Crippen LogP contribution >= 0.6 is 0 Å². The smallest absolute Gasteiger partial charge is 0.164 e. The quantitative estimate of drug-likeness (QED) is 0.246. The molecular weight excluding hydrogens is 470 g/mol. The summed E-state index contributed by atoms with van der Waals surface area (Å²) in [5.41, 5.74) is 3.94. The van der Waals surface area contributed by atoms with Gasteiger partial charge in [0.15, 0.2) is 17.5 Å². The number of rotatable bonds is 3. The van der Waals surface area contributed by atoms with Gasteiger partial charge in [-0.25, -0.2) is 15.0 Å². The van der Waals surface area contributed by atoms with Gasteiger partial charge in [-0.1, -0.05) is 78.7 Å². The molecule has 0 bridgehead atoms. The van der Waals surface area contributed by atoms with Crippen LogP contribution < -0.4 is 0 Å². The zero-order chi connectivity index (χ0) is 29.4. The molecule has 5 aromatic carbocycles. The first kappa shape index (κ1) is 16.5. The second-order valence-electron chi connectivity index (χ2n) is 8.92. The summed E-state index contributed by atoms with van der Waals surface area (Å²) in [7, 11) is 0. The Morgan fingerprint density at radius 3 is 1.42 bits per heavy atom. The van der Waals surface area contributed by atoms with Crippen molar-refractivity contribution in [2.24, 2.45) is 0 Å². The first-order valence-electron chi connectivity index (χ1n) is 14.5. The molecule has 0 fully saturated rings. The van der Waals surface area contributed by atoms with E-state index in [1.165, 1.54) is 0 Å². The van der Waals surface area contributed by atoms with Crippen molar-refractivity contribution >= 4 is 43.9 Å². The maximum Gasteiger partial charge on any atom is 0.164 e. The Morgan fingerprint density at radius 1 is 0.447 bits per heavy atom. The van der Waals surface area contributed by atoms with Gasteiger partial charge >= 0.3 is 0 Å². The number of hydrogen-bond acceptors (Lipinski definition) is 5. The summed E-state index contributed by atoms with van der Waals surface area (Å²) >= 11 is 0. The van der Waals surface area contributed by atoms with E-state index in [9.17, 15) is 0 Å². The summed E-state index contributed by atoms with van der Waals surface area (Å²) in [6.45, 7) is 0. The molecule has 0 saturated carbocycles. The number of hydrogen-bond donors (Lipinski definition) is 0. The van der Waals surface area contributed by atoms with Crippen LogP contribution in [0.5, 0.6) is 0 Å². The Balaban J connectivity index is 1.38. The molecule has 5 nitrogen and oxygen atoms in total. The molecule has 178 valence electrons. The molecule has 0 aliphatic heterocycles. The fourth-order valence-corrected chi connectivity index (χ4v) is 4.84. The van der Waals surface area contributed by atoms with Crippen molar-refractivity contribution in [3.63, 3.8) is 0 Å². The minimum Gasteiger partial charge on any atom is -0.456 e. The first-order chi connectivity index (χ1) is 20.9. The van der Waals surface area contributed by atoms with Crippen LogP contribution in [-0.4, -0.2) is 15.0 Å². The normalized spacial score (nSPS) is 13.5. The van der Waals surface area contributed by atoms with Crippen molar-refractivity contribution < 1.29 is 15.7 Å². The van der Waals surface area contributed by atoms with Crippen molar-refractivity contribution in [2.45, 2.75) is 0 Å². The first-order valence-corrected chi connectivity index (χ1v) is 12.0. The van der Waals surface area contributed by atoms with Crippen molar-refractivity contribution in [3.05, 3.63) is 115 Å². The van der Waals surface area contributed by atoms with Crippen molar-refractivity contribution in [1.82, 2.24) is 15.0 Å². The van der Waals surface area contributed by atoms with E-state index in [4.69, 9.17) is 20.7 Å². The van der Waals surface area contributed by atoms with Crippen LogP contribution in [-0.2, 0) is 0 Å². The minimum atomic E-state index is -0.487. The van der Waals surface area contributed by atoms with E-state index in [1.807, 2.05) is 84.9 Å². The lowest BCUT2D eigenvalue weighted by Crippen LogP contribution is -2.00. The Labute approximate surface area is 224 Å². The summed E-state index contributed by atoms with van der Waals surface area (Å²) in [6, 6.07) is 24.6. The molecule has 3 aromatic heterocycles. The summed E-state index contributed by atoms with van der Waals surface area (Å²) < 4.78 is 53.7. The molecule has 0 radical (unpaired) electrons. The highest BCUT2D eigenvalue weighted by atomic mass is 16.3. The molecule has 0 saturated heterocycles. The average Bonchev–Trinajstić information content (AvgIpc) is 3.60. The van der Waals surface area contributed by atoms with Crippen LogP contribution in [0.1, 0.15) is 6.85 Å². The zero-order valence-electron chi connectivity index (χ0n) is 24.7. The second kappa shape index (κ2) is 8.11. The van der Waals surface area contributed by atoms with Crippen molar-refractivity contribution in [3.8, 4) is 34.2 Å². The van der Waals surface area contributed by atoms with E-state index in [0.717, 1.165) is 32.7 Å². The maximum absolute atomic E-state index is 8.56. The van der Waals surface area contributed by atoms with E-state index in [2.05, 4.69) is 9.97 Å². The lowest BCUT2D eigenvalue weighted by Gasteiger charge is -2.08. The van der Waals surface area contributed by atoms with Crippen molar-refractivity contribution in [1.29, 1.82) is 0 Å². The summed E-state index contributed by atoms with van der Waals surface area (Å²) in [6.07, 6.45) is 0. The zero-order valence-corrected chi connectivity index (χ0v) is 19.7. The molecule has 0 aliphatic carbocycles. The monoisotopic (exact) mass is 494 g/mol. The van der Waals surface area contributed by atoms with Crippen LogP contribution in [0.25, 0.3) is 78.0 Å².